The molecule has 3 heterocycles. The number of aromatic nitrogens is 5. The molecule has 1 aliphatic carbocycles. The zero-order chi connectivity index (χ0) is 24.7. The highest BCUT2D eigenvalue weighted by molar-refractivity contribution is 5.94. The fourth-order valence-electron chi connectivity index (χ4n) is 5.11. The first-order valence-electron chi connectivity index (χ1n) is 11.7. The SMILES string of the molecule is Cc1nc(C)n(-c2cc(F)ccc2CNC(=O)c2nc3n(c(=O)c2O)CCOCC32CCCC2)n1. The Balaban J connectivity index is 1.47. The predicted molar refractivity (Wildman–Crippen MR) is 123 cm³/mol. The fraction of sp³-hybridized carbons (Fsp3) is 0.458. The number of hydrogen-bond donors (Lipinski definition) is 2. The van der Waals surface area contributed by atoms with E-state index >= 15 is 0 Å². The van der Waals surface area contributed by atoms with E-state index in [0.717, 1.165) is 25.7 Å². The summed E-state index contributed by atoms with van der Waals surface area (Å²) in [5.74, 6) is -0.234. The highest BCUT2D eigenvalue weighted by Crippen LogP contribution is 2.41. The molecule has 2 N–H and O–H groups in total. The summed E-state index contributed by atoms with van der Waals surface area (Å²) < 4.78 is 22.7. The van der Waals surface area contributed by atoms with Crippen molar-refractivity contribution in [2.75, 3.05) is 13.2 Å². The van der Waals surface area contributed by atoms with E-state index in [1.54, 1.807) is 19.9 Å². The number of aryl methyl sites for hydroxylation is 2. The molecule has 5 rings (SSSR count). The van der Waals surface area contributed by atoms with E-state index in [2.05, 4.69) is 20.4 Å². The van der Waals surface area contributed by atoms with E-state index in [1.807, 2.05) is 0 Å². The topological polar surface area (TPSA) is 124 Å². The standard InChI is InChI=1S/C24H27FN6O4/c1-14-27-15(2)31(29-14)18-11-17(25)6-5-16(18)12-26-21(33)19-20(32)22(34)30-9-10-35-13-24(23(30)28-19)7-3-4-8-24/h5-6,11,32H,3-4,7-10,12-13H2,1-2H3,(H,26,33). The van der Waals surface area contributed by atoms with Crippen molar-refractivity contribution >= 4 is 5.91 Å². The Morgan fingerprint density at radius 2 is 2.03 bits per heavy atom. The van der Waals surface area contributed by atoms with Crippen LogP contribution in [-0.4, -0.2) is 48.5 Å². The van der Waals surface area contributed by atoms with Gasteiger partial charge in [0.25, 0.3) is 11.5 Å². The Labute approximate surface area is 200 Å². The summed E-state index contributed by atoms with van der Waals surface area (Å²) in [6, 6.07) is 4.15. The number of halogens is 1. The summed E-state index contributed by atoms with van der Waals surface area (Å²) in [4.78, 5) is 34.9. The van der Waals surface area contributed by atoms with Crippen molar-refractivity contribution < 1.29 is 19.0 Å². The molecule has 1 aliphatic heterocycles. The Bertz CT molecular complexity index is 1360. The molecule has 2 aliphatic rings. The summed E-state index contributed by atoms with van der Waals surface area (Å²) in [5, 5.41) is 17.6. The van der Waals surface area contributed by atoms with Crippen LogP contribution in [0.1, 0.15) is 59.2 Å². The molecule has 184 valence electrons. The van der Waals surface area contributed by atoms with Crippen LogP contribution in [0.5, 0.6) is 5.75 Å². The number of carbonyl (C=O) groups excluding carboxylic acids is 1. The number of nitrogens with one attached hydrogen (secondary N) is 1. The van der Waals surface area contributed by atoms with Gasteiger partial charge in [-0.25, -0.2) is 19.0 Å². The number of hydrogen-bond acceptors (Lipinski definition) is 7. The summed E-state index contributed by atoms with van der Waals surface area (Å²) >= 11 is 0. The number of nitrogens with zero attached hydrogens (tertiary/aromatic N) is 5. The normalized spacial score (nSPS) is 16.8. The second-order valence-electron chi connectivity index (χ2n) is 9.20. The lowest BCUT2D eigenvalue weighted by atomic mass is 9.86. The summed E-state index contributed by atoms with van der Waals surface area (Å²) in [5.41, 5.74) is -0.381. The Kier molecular flexibility index (Phi) is 5.87. The lowest BCUT2D eigenvalue weighted by molar-refractivity contribution is 0.0911. The number of ether oxygens (including phenoxy) is 1. The van der Waals surface area contributed by atoms with Gasteiger partial charge in [0.1, 0.15) is 23.3 Å². The number of benzene rings is 1. The number of fused-ring (bicyclic) bond motifs is 2. The van der Waals surface area contributed by atoms with Crippen molar-refractivity contribution in [1.82, 2.24) is 29.6 Å². The van der Waals surface area contributed by atoms with Crippen LogP contribution in [0.25, 0.3) is 5.69 Å². The van der Waals surface area contributed by atoms with Gasteiger partial charge in [-0.15, -0.1) is 0 Å². The van der Waals surface area contributed by atoms with Crippen LogP contribution in [0.2, 0.25) is 0 Å². The average Bonchev–Trinajstić information content (AvgIpc) is 3.39. The van der Waals surface area contributed by atoms with Gasteiger partial charge in [0, 0.05) is 6.54 Å². The first kappa shape index (κ1) is 23.2. The highest BCUT2D eigenvalue weighted by Gasteiger charge is 2.42. The Morgan fingerprint density at radius 1 is 1.26 bits per heavy atom. The van der Waals surface area contributed by atoms with Crippen LogP contribution >= 0.6 is 0 Å². The quantitative estimate of drug-likeness (QED) is 0.583. The van der Waals surface area contributed by atoms with Crippen LogP contribution < -0.4 is 10.9 Å². The van der Waals surface area contributed by atoms with Crippen LogP contribution in [-0.2, 0) is 23.2 Å². The fourth-order valence-corrected chi connectivity index (χ4v) is 5.11. The van der Waals surface area contributed by atoms with Gasteiger partial charge in [0.15, 0.2) is 5.69 Å². The van der Waals surface area contributed by atoms with Crippen molar-refractivity contribution in [3.8, 4) is 11.4 Å². The molecule has 0 saturated heterocycles. The van der Waals surface area contributed by atoms with Gasteiger partial charge in [-0.3, -0.25) is 14.2 Å². The third-order valence-electron chi connectivity index (χ3n) is 6.82. The Morgan fingerprint density at radius 3 is 2.74 bits per heavy atom. The molecule has 0 radical (unpaired) electrons. The molecule has 1 saturated carbocycles. The van der Waals surface area contributed by atoms with E-state index in [-0.39, 0.29) is 18.8 Å². The van der Waals surface area contributed by atoms with E-state index in [1.165, 1.54) is 21.4 Å². The van der Waals surface area contributed by atoms with Gasteiger partial charge in [-0.05, 0) is 44.4 Å². The monoisotopic (exact) mass is 482 g/mol. The van der Waals surface area contributed by atoms with Crippen LogP contribution in [0, 0.1) is 19.7 Å². The molecule has 3 aromatic rings. The highest BCUT2D eigenvalue weighted by atomic mass is 19.1. The van der Waals surface area contributed by atoms with Gasteiger partial charge >= 0.3 is 0 Å². The van der Waals surface area contributed by atoms with Gasteiger partial charge in [-0.1, -0.05) is 18.9 Å². The third kappa shape index (κ3) is 4.09. The van der Waals surface area contributed by atoms with Crippen molar-refractivity contribution in [3.63, 3.8) is 0 Å². The second-order valence-corrected chi connectivity index (χ2v) is 9.20. The zero-order valence-electron chi connectivity index (χ0n) is 19.7. The maximum atomic E-state index is 14.0. The largest absolute Gasteiger partial charge is 0.501 e. The molecule has 1 aromatic carbocycles. The van der Waals surface area contributed by atoms with Crippen molar-refractivity contribution in [2.45, 2.75) is 58.0 Å². The minimum atomic E-state index is -0.692. The Hall–Kier alpha value is -3.60. The van der Waals surface area contributed by atoms with Gasteiger partial charge in [0.05, 0.1) is 30.9 Å². The summed E-state index contributed by atoms with van der Waals surface area (Å²) in [7, 11) is 0. The van der Waals surface area contributed by atoms with Crippen LogP contribution in [0.3, 0.4) is 0 Å². The molecule has 1 amide bonds. The van der Waals surface area contributed by atoms with Gasteiger partial charge in [0.2, 0.25) is 5.75 Å². The predicted octanol–water partition coefficient (Wildman–Crippen LogP) is 2.06. The molecular weight excluding hydrogens is 455 g/mol. The molecular formula is C24H27FN6O4. The summed E-state index contributed by atoms with van der Waals surface area (Å²) in [6.07, 6.45) is 3.58. The average molecular weight is 483 g/mol. The molecule has 10 nitrogen and oxygen atoms in total. The molecule has 0 atom stereocenters. The maximum absolute atomic E-state index is 14.0. The lowest BCUT2D eigenvalue weighted by Gasteiger charge is -2.28. The molecule has 0 unspecified atom stereocenters. The minimum absolute atomic E-state index is 0.000582. The van der Waals surface area contributed by atoms with Gasteiger partial charge < -0.3 is 15.2 Å². The first-order valence-corrected chi connectivity index (χ1v) is 11.7. The number of carbonyl (C=O) groups is 1. The van der Waals surface area contributed by atoms with E-state index < -0.39 is 28.4 Å². The van der Waals surface area contributed by atoms with Crippen LogP contribution in [0.15, 0.2) is 23.0 Å². The minimum Gasteiger partial charge on any atom is -0.501 e. The smallest absolute Gasteiger partial charge is 0.296 e. The van der Waals surface area contributed by atoms with E-state index in [0.29, 0.717) is 41.9 Å². The second kappa shape index (κ2) is 8.88. The maximum Gasteiger partial charge on any atom is 0.296 e. The molecule has 35 heavy (non-hydrogen) atoms. The third-order valence-corrected chi connectivity index (χ3v) is 6.82. The van der Waals surface area contributed by atoms with E-state index in [4.69, 9.17) is 4.74 Å². The number of amides is 1. The van der Waals surface area contributed by atoms with Crippen molar-refractivity contribution in [2.24, 2.45) is 0 Å². The first-order chi connectivity index (χ1) is 16.8. The van der Waals surface area contributed by atoms with E-state index in [9.17, 15) is 19.1 Å². The lowest BCUT2D eigenvalue weighted by Crippen LogP contribution is -2.38. The molecule has 2 aromatic heterocycles. The van der Waals surface area contributed by atoms with Crippen molar-refractivity contribution in [3.05, 3.63) is 63.1 Å². The van der Waals surface area contributed by atoms with Crippen LogP contribution in [0.4, 0.5) is 4.39 Å². The zero-order valence-corrected chi connectivity index (χ0v) is 19.7. The summed E-state index contributed by atoms with van der Waals surface area (Å²) in [6.45, 7) is 4.53. The van der Waals surface area contributed by atoms with Crippen molar-refractivity contribution in [1.29, 1.82) is 0 Å². The number of rotatable bonds is 4. The molecule has 11 heteroatoms. The molecule has 0 bridgehead atoms. The van der Waals surface area contributed by atoms with Gasteiger partial charge in [-0.2, -0.15) is 5.10 Å². The number of aromatic hydroxyl groups is 1. The molecule has 1 spiro atoms. The molecule has 1 fully saturated rings.